The molecule has 0 aromatic heterocycles. The van der Waals surface area contributed by atoms with Crippen molar-refractivity contribution in [3.8, 4) is 5.75 Å². The fourth-order valence-corrected chi connectivity index (χ4v) is 2.13. The molecule has 0 saturated heterocycles. The highest BCUT2D eigenvalue weighted by atomic mass is 31.2. The Hall–Kier alpha value is -1.16. The first-order valence-electron chi connectivity index (χ1n) is 5.06. The Balaban J connectivity index is 2.43. The van der Waals surface area contributed by atoms with Gasteiger partial charge in [-0.3, -0.25) is 9.36 Å². The summed E-state index contributed by atoms with van der Waals surface area (Å²) in [5.74, 6) is -0.00677. The molecule has 0 bridgehead atoms. The van der Waals surface area contributed by atoms with Crippen LogP contribution in [0.5, 0.6) is 5.75 Å². The van der Waals surface area contributed by atoms with Gasteiger partial charge in [-0.05, 0) is 12.1 Å². The van der Waals surface area contributed by atoms with Gasteiger partial charge in [-0.25, -0.2) is 0 Å². The van der Waals surface area contributed by atoms with Crippen molar-refractivity contribution in [3.63, 3.8) is 0 Å². The van der Waals surface area contributed by atoms with E-state index in [4.69, 9.17) is 13.8 Å². The zero-order valence-corrected chi connectivity index (χ0v) is 10.7. The Morgan fingerprint density at radius 2 is 1.76 bits per heavy atom. The van der Waals surface area contributed by atoms with E-state index >= 15 is 0 Å². The van der Waals surface area contributed by atoms with Gasteiger partial charge in [0.15, 0.2) is 0 Å². The van der Waals surface area contributed by atoms with Crippen LogP contribution in [-0.2, 0) is 18.4 Å². The van der Waals surface area contributed by atoms with E-state index in [1.165, 1.54) is 14.2 Å². The monoisotopic (exact) mass is 258 g/mol. The molecule has 0 atom stereocenters. The summed E-state index contributed by atoms with van der Waals surface area (Å²) in [5.41, 5.74) is 0. The standard InChI is InChI=1S/C11H15O5P/c1-14-17(13,15-2)9-8-11(12)16-10-6-4-3-5-7-10/h3-7H,8-9H2,1-2H3. The lowest BCUT2D eigenvalue weighted by molar-refractivity contribution is -0.134. The summed E-state index contributed by atoms with van der Waals surface area (Å²) < 4.78 is 26.1. The maximum Gasteiger partial charge on any atom is 0.330 e. The SMILES string of the molecule is COP(=O)(CCC(=O)Oc1ccccc1)OC. The zero-order valence-electron chi connectivity index (χ0n) is 9.79. The highest BCUT2D eigenvalue weighted by molar-refractivity contribution is 7.53. The van der Waals surface area contributed by atoms with E-state index in [9.17, 15) is 9.36 Å². The Labute approximate surface area is 100 Å². The van der Waals surface area contributed by atoms with Crippen LogP contribution in [0.4, 0.5) is 0 Å². The molecule has 1 aromatic carbocycles. The van der Waals surface area contributed by atoms with Gasteiger partial charge in [0.05, 0.1) is 12.6 Å². The Bertz CT molecular complexity index is 396. The van der Waals surface area contributed by atoms with Crippen LogP contribution in [0.2, 0.25) is 0 Å². The average Bonchev–Trinajstić information content (AvgIpc) is 2.37. The summed E-state index contributed by atoms with van der Waals surface area (Å²) in [6.07, 6.45) is -0.0144. The van der Waals surface area contributed by atoms with E-state index in [0.717, 1.165) is 0 Å². The van der Waals surface area contributed by atoms with Crippen molar-refractivity contribution in [3.05, 3.63) is 30.3 Å². The second-order valence-electron chi connectivity index (χ2n) is 3.24. The quantitative estimate of drug-likeness (QED) is 0.445. The van der Waals surface area contributed by atoms with Gasteiger partial charge in [0.2, 0.25) is 0 Å². The molecule has 0 unspecified atom stereocenters. The van der Waals surface area contributed by atoms with Gasteiger partial charge < -0.3 is 13.8 Å². The summed E-state index contributed by atoms with van der Waals surface area (Å²) >= 11 is 0. The maximum atomic E-state index is 11.7. The Morgan fingerprint density at radius 1 is 1.18 bits per heavy atom. The first-order valence-corrected chi connectivity index (χ1v) is 6.78. The molecule has 1 rings (SSSR count). The number of benzene rings is 1. The smallest absolute Gasteiger partial charge is 0.330 e. The minimum absolute atomic E-state index is 0.00562. The normalized spacial score (nSPS) is 11.2. The second kappa shape index (κ2) is 6.55. The van der Waals surface area contributed by atoms with Crippen molar-refractivity contribution in [2.45, 2.75) is 6.42 Å². The first-order chi connectivity index (χ1) is 8.09. The molecule has 0 aliphatic heterocycles. The molecule has 0 heterocycles. The molecule has 1 aromatic rings. The van der Waals surface area contributed by atoms with Gasteiger partial charge in [-0.15, -0.1) is 0 Å². The molecule has 0 aliphatic rings. The predicted octanol–water partition coefficient (Wildman–Crippen LogP) is 2.47. The molecule has 94 valence electrons. The van der Waals surface area contributed by atoms with Crippen molar-refractivity contribution in [1.29, 1.82) is 0 Å². The lowest BCUT2D eigenvalue weighted by Crippen LogP contribution is -2.10. The number of rotatable bonds is 6. The van der Waals surface area contributed by atoms with Crippen molar-refractivity contribution in [1.82, 2.24) is 0 Å². The summed E-state index contributed by atoms with van der Waals surface area (Å²) in [4.78, 5) is 11.4. The van der Waals surface area contributed by atoms with Gasteiger partial charge in [-0.1, -0.05) is 18.2 Å². The number of para-hydroxylation sites is 1. The third-order valence-corrected chi connectivity index (χ3v) is 4.01. The third kappa shape index (κ3) is 4.69. The summed E-state index contributed by atoms with van der Waals surface area (Å²) in [5, 5.41) is 0. The minimum Gasteiger partial charge on any atom is -0.427 e. The van der Waals surface area contributed by atoms with Crippen LogP contribution in [0.15, 0.2) is 30.3 Å². The van der Waals surface area contributed by atoms with Crippen LogP contribution in [0.25, 0.3) is 0 Å². The highest BCUT2D eigenvalue weighted by Gasteiger charge is 2.22. The van der Waals surface area contributed by atoms with E-state index in [0.29, 0.717) is 5.75 Å². The fourth-order valence-electron chi connectivity index (χ4n) is 1.16. The number of ether oxygens (including phenoxy) is 1. The molecule has 0 fully saturated rings. The molecule has 0 spiro atoms. The number of carbonyl (C=O) groups is 1. The van der Waals surface area contributed by atoms with Gasteiger partial charge in [0.1, 0.15) is 5.75 Å². The molecular weight excluding hydrogens is 243 g/mol. The van der Waals surface area contributed by atoms with Crippen LogP contribution in [0.3, 0.4) is 0 Å². The Morgan fingerprint density at radius 3 is 2.29 bits per heavy atom. The largest absolute Gasteiger partial charge is 0.427 e. The lowest BCUT2D eigenvalue weighted by atomic mass is 10.3. The number of hydrogen-bond donors (Lipinski definition) is 0. The summed E-state index contributed by atoms with van der Waals surface area (Å²) in [6.45, 7) is 0. The van der Waals surface area contributed by atoms with Crippen LogP contribution in [0.1, 0.15) is 6.42 Å². The summed E-state index contributed by atoms with van der Waals surface area (Å²) in [6, 6.07) is 8.69. The van der Waals surface area contributed by atoms with Crippen LogP contribution >= 0.6 is 7.60 Å². The Kier molecular flexibility index (Phi) is 5.35. The van der Waals surface area contributed by atoms with Gasteiger partial charge >= 0.3 is 13.6 Å². The molecule has 0 aliphatic carbocycles. The lowest BCUT2D eigenvalue weighted by Gasteiger charge is -2.12. The second-order valence-corrected chi connectivity index (χ2v) is 5.64. The third-order valence-electron chi connectivity index (χ3n) is 2.12. The topological polar surface area (TPSA) is 61.8 Å². The van der Waals surface area contributed by atoms with E-state index in [2.05, 4.69) is 0 Å². The van der Waals surface area contributed by atoms with E-state index in [-0.39, 0.29) is 12.6 Å². The van der Waals surface area contributed by atoms with Gasteiger partial charge in [0, 0.05) is 14.2 Å². The van der Waals surface area contributed by atoms with E-state index in [1.54, 1.807) is 24.3 Å². The van der Waals surface area contributed by atoms with E-state index < -0.39 is 13.6 Å². The molecule has 5 nitrogen and oxygen atoms in total. The fraction of sp³-hybridized carbons (Fsp3) is 0.364. The van der Waals surface area contributed by atoms with Crippen LogP contribution in [-0.4, -0.2) is 26.4 Å². The molecule has 6 heteroatoms. The molecule has 0 radical (unpaired) electrons. The van der Waals surface area contributed by atoms with Gasteiger partial charge in [0.25, 0.3) is 0 Å². The van der Waals surface area contributed by atoms with Crippen molar-refractivity contribution < 1.29 is 23.1 Å². The summed E-state index contributed by atoms with van der Waals surface area (Å²) in [7, 11) is -0.572. The number of esters is 1. The highest BCUT2D eigenvalue weighted by Crippen LogP contribution is 2.46. The minimum atomic E-state index is -3.14. The maximum absolute atomic E-state index is 11.7. The van der Waals surface area contributed by atoms with Crippen molar-refractivity contribution in [2.24, 2.45) is 0 Å². The molecule has 0 N–H and O–H groups in total. The molecule has 17 heavy (non-hydrogen) atoms. The van der Waals surface area contributed by atoms with Gasteiger partial charge in [-0.2, -0.15) is 0 Å². The predicted molar refractivity (Wildman–Crippen MR) is 63.2 cm³/mol. The zero-order chi connectivity index (χ0) is 12.7. The number of carbonyl (C=O) groups excluding carboxylic acids is 1. The number of hydrogen-bond acceptors (Lipinski definition) is 5. The first kappa shape index (κ1) is 13.9. The molecule has 0 saturated carbocycles. The van der Waals surface area contributed by atoms with Crippen molar-refractivity contribution in [2.75, 3.05) is 20.4 Å². The van der Waals surface area contributed by atoms with Crippen LogP contribution < -0.4 is 4.74 Å². The van der Waals surface area contributed by atoms with Crippen molar-refractivity contribution >= 4 is 13.6 Å². The van der Waals surface area contributed by atoms with Crippen LogP contribution in [0, 0.1) is 0 Å². The molecule has 0 amide bonds. The molecular formula is C11H15O5P. The van der Waals surface area contributed by atoms with E-state index in [1.807, 2.05) is 6.07 Å². The average molecular weight is 258 g/mol.